The molecule has 0 rings (SSSR count). The maximum atomic E-state index is 11.9. The van der Waals surface area contributed by atoms with Crippen molar-refractivity contribution in [1.29, 1.82) is 0 Å². The first-order valence-corrected chi connectivity index (χ1v) is 6.99. The van der Waals surface area contributed by atoms with E-state index in [2.05, 4.69) is 5.32 Å². The van der Waals surface area contributed by atoms with Gasteiger partial charge in [-0.2, -0.15) is 0 Å². The summed E-state index contributed by atoms with van der Waals surface area (Å²) in [6, 6.07) is 0. The SMILES string of the molecule is CCC(CC)(CC(=O)O)NC(=O)CCCC(=O)N(C)C. The second-order valence-electron chi connectivity index (χ2n) is 5.25. The summed E-state index contributed by atoms with van der Waals surface area (Å²) in [4.78, 5) is 35.6. The molecule has 0 aliphatic carbocycles. The monoisotopic (exact) mass is 286 g/mol. The number of nitrogens with one attached hydrogen (secondary N) is 1. The van der Waals surface area contributed by atoms with Crippen LogP contribution in [0.4, 0.5) is 0 Å². The van der Waals surface area contributed by atoms with E-state index >= 15 is 0 Å². The molecule has 0 aliphatic rings. The third kappa shape index (κ3) is 6.54. The molecule has 0 bridgehead atoms. The van der Waals surface area contributed by atoms with Gasteiger partial charge in [-0.05, 0) is 19.3 Å². The predicted molar refractivity (Wildman–Crippen MR) is 76.3 cm³/mol. The molecular formula is C14H26N2O4. The minimum atomic E-state index is -0.920. The zero-order valence-electron chi connectivity index (χ0n) is 12.9. The number of carbonyl (C=O) groups is 3. The lowest BCUT2D eigenvalue weighted by Gasteiger charge is -2.31. The summed E-state index contributed by atoms with van der Waals surface area (Å²) in [5.41, 5.74) is -0.686. The van der Waals surface area contributed by atoms with E-state index in [1.165, 1.54) is 4.90 Å². The van der Waals surface area contributed by atoms with Crippen LogP contribution >= 0.6 is 0 Å². The average molecular weight is 286 g/mol. The van der Waals surface area contributed by atoms with E-state index in [0.29, 0.717) is 25.7 Å². The van der Waals surface area contributed by atoms with Crippen molar-refractivity contribution in [3.8, 4) is 0 Å². The fraction of sp³-hybridized carbons (Fsp3) is 0.786. The molecule has 20 heavy (non-hydrogen) atoms. The number of carboxylic acids is 1. The van der Waals surface area contributed by atoms with Crippen LogP contribution in [0.5, 0.6) is 0 Å². The first-order valence-electron chi connectivity index (χ1n) is 6.99. The lowest BCUT2D eigenvalue weighted by atomic mass is 9.88. The van der Waals surface area contributed by atoms with Crippen LogP contribution in [0.25, 0.3) is 0 Å². The van der Waals surface area contributed by atoms with Gasteiger partial charge in [-0.25, -0.2) is 0 Å². The van der Waals surface area contributed by atoms with Crippen molar-refractivity contribution < 1.29 is 19.5 Å². The molecule has 6 nitrogen and oxygen atoms in total. The highest BCUT2D eigenvalue weighted by molar-refractivity contribution is 5.80. The highest BCUT2D eigenvalue weighted by Crippen LogP contribution is 2.20. The molecule has 0 radical (unpaired) electrons. The second kappa shape index (κ2) is 8.55. The van der Waals surface area contributed by atoms with Crippen molar-refractivity contribution in [3.63, 3.8) is 0 Å². The number of hydrogen-bond acceptors (Lipinski definition) is 3. The summed E-state index contributed by atoms with van der Waals surface area (Å²) in [5, 5.41) is 11.8. The Hall–Kier alpha value is -1.59. The van der Waals surface area contributed by atoms with E-state index in [1.54, 1.807) is 14.1 Å². The second-order valence-corrected chi connectivity index (χ2v) is 5.25. The van der Waals surface area contributed by atoms with Crippen molar-refractivity contribution in [2.24, 2.45) is 0 Å². The van der Waals surface area contributed by atoms with Crippen LogP contribution in [-0.2, 0) is 14.4 Å². The maximum absolute atomic E-state index is 11.9. The van der Waals surface area contributed by atoms with Crippen molar-refractivity contribution in [2.45, 2.75) is 57.9 Å². The molecule has 6 heteroatoms. The molecule has 2 N–H and O–H groups in total. The number of carboxylic acid groups (broad SMARTS) is 1. The lowest BCUT2D eigenvalue weighted by molar-refractivity contribution is -0.139. The Balaban J connectivity index is 4.34. The van der Waals surface area contributed by atoms with Crippen molar-refractivity contribution in [3.05, 3.63) is 0 Å². The smallest absolute Gasteiger partial charge is 0.305 e. The number of nitrogens with zero attached hydrogens (tertiary/aromatic N) is 1. The molecule has 0 aromatic carbocycles. The summed E-state index contributed by atoms with van der Waals surface area (Å²) in [7, 11) is 3.35. The summed E-state index contributed by atoms with van der Waals surface area (Å²) in [6.45, 7) is 3.73. The van der Waals surface area contributed by atoms with Gasteiger partial charge < -0.3 is 15.3 Å². The Labute approximate surface area is 120 Å². The Morgan fingerprint density at radius 3 is 2.05 bits per heavy atom. The molecule has 0 saturated carbocycles. The van der Waals surface area contributed by atoms with Gasteiger partial charge in [-0.3, -0.25) is 14.4 Å². The number of aliphatic carboxylic acids is 1. The highest BCUT2D eigenvalue weighted by atomic mass is 16.4. The maximum Gasteiger partial charge on any atom is 0.305 e. The third-order valence-corrected chi connectivity index (χ3v) is 3.54. The van der Waals surface area contributed by atoms with Gasteiger partial charge in [0.1, 0.15) is 0 Å². The predicted octanol–water partition coefficient (Wildman–Crippen LogP) is 1.39. The van der Waals surface area contributed by atoms with Gasteiger partial charge in [0.15, 0.2) is 0 Å². The quantitative estimate of drug-likeness (QED) is 0.670. The van der Waals surface area contributed by atoms with E-state index in [-0.39, 0.29) is 24.7 Å². The molecular weight excluding hydrogens is 260 g/mol. The fourth-order valence-corrected chi connectivity index (χ4v) is 1.99. The van der Waals surface area contributed by atoms with Crippen LogP contribution in [0.15, 0.2) is 0 Å². The van der Waals surface area contributed by atoms with Crippen LogP contribution in [0, 0.1) is 0 Å². The molecule has 116 valence electrons. The summed E-state index contributed by atoms with van der Waals surface area (Å²) in [5.74, 6) is -1.13. The zero-order chi connectivity index (χ0) is 15.8. The number of amides is 2. The Kier molecular flexibility index (Phi) is 7.87. The van der Waals surface area contributed by atoms with Crippen molar-refractivity contribution >= 4 is 17.8 Å². The summed E-state index contributed by atoms with van der Waals surface area (Å²) in [6.07, 6.45) is 2.09. The van der Waals surface area contributed by atoms with Gasteiger partial charge in [-0.1, -0.05) is 13.8 Å². The van der Waals surface area contributed by atoms with Crippen LogP contribution in [0.1, 0.15) is 52.4 Å². The molecule has 2 amide bonds. The first-order chi connectivity index (χ1) is 9.26. The first kappa shape index (κ1) is 18.4. The minimum Gasteiger partial charge on any atom is -0.481 e. The minimum absolute atomic E-state index is 0.0133. The van der Waals surface area contributed by atoms with Crippen molar-refractivity contribution in [1.82, 2.24) is 10.2 Å². The molecule has 0 saturated heterocycles. The Morgan fingerprint density at radius 1 is 1.10 bits per heavy atom. The van der Waals surface area contributed by atoms with Gasteiger partial charge in [0.2, 0.25) is 11.8 Å². The van der Waals surface area contributed by atoms with E-state index < -0.39 is 11.5 Å². The zero-order valence-corrected chi connectivity index (χ0v) is 12.9. The van der Waals surface area contributed by atoms with E-state index in [4.69, 9.17) is 5.11 Å². The highest BCUT2D eigenvalue weighted by Gasteiger charge is 2.30. The van der Waals surface area contributed by atoms with Gasteiger partial charge in [-0.15, -0.1) is 0 Å². The molecule has 0 aromatic heterocycles. The Morgan fingerprint density at radius 2 is 1.65 bits per heavy atom. The van der Waals surface area contributed by atoms with Crippen LogP contribution in [-0.4, -0.2) is 47.4 Å². The fourth-order valence-electron chi connectivity index (χ4n) is 1.99. The number of carbonyl (C=O) groups excluding carboxylic acids is 2. The molecule has 0 fully saturated rings. The van der Waals surface area contributed by atoms with E-state index in [1.807, 2.05) is 13.8 Å². The molecule has 0 atom stereocenters. The van der Waals surface area contributed by atoms with Gasteiger partial charge in [0.05, 0.1) is 6.42 Å². The largest absolute Gasteiger partial charge is 0.481 e. The number of hydrogen-bond donors (Lipinski definition) is 2. The van der Waals surface area contributed by atoms with E-state index in [9.17, 15) is 14.4 Å². The van der Waals surface area contributed by atoms with Gasteiger partial charge in [0, 0.05) is 32.5 Å². The standard InChI is InChI=1S/C14H26N2O4/c1-5-14(6-2,10-13(19)20)15-11(17)8-7-9-12(18)16(3)4/h5-10H2,1-4H3,(H,15,17)(H,19,20). The van der Waals surface area contributed by atoms with Crippen LogP contribution in [0.2, 0.25) is 0 Å². The number of rotatable bonds is 9. The third-order valence-electron chi connectivity index (χ3n) is 3.54. The lowest BCUT2D eigenvalue weighted by Crippen LogP contribution is -2.49. The summed E-state index contributed by atoms with van der Waals surface area (Å²) < 4.78 is 0. The molecule has 0 aliphatic heterocycles. The molecule has 0 aromatic rings. The van der Waals surface area contributed by atoms with Gasteiger partial charge >= 0.3 is 5.97 Å². The van der Waals surface area contributed by atoms with Crippen LogP contribution < -0.4 is 5.32 Å². The molecule has 0 heterocycles. The summed E-state index contributed by atoms with van der Waals surface area (Å²) >= 11 is 0. The topological polar surface area (TPSA) is 86.7 Å². The van der Waals surface area contributed by atoms with Crippen molar-refractivity contribution in [2.75, 3.05) is 14.1 Å². The normalized spacial score (nSPS) is 11.0. The molecule has 0 unspecified atom stereocenters. The Bertz CT molecular complexity index is 349. The molecule has 0 spiro atoms. The van der Waals surface area contributed by atoms with Gasteiger partial charge in [0.25, 0.3) is 0 Å². The van der Waals surface area contributed by atoms with E-state index in [0.717, 1.165) is 0 Å². The average Bonchev–Trinajstić information content (AvgIpc) is 2.36. The van der Waals surface area contributed by atoms with Crippen LogP contribution in [0.3, 0.4) is 0 Å².